The normalized spacial score (nSPS) is 15.9. The van der Waals surface area contributed by atoms with Gasteiger partial charge in [-0.15, -0.1) is 0 Å². The average molecular weight is 338 g/mol. The highest BCUT2D eigenvalue weighted by Gasteiger charge is 2.29. The molecule has 6 heteroatoms. The summed E-state index contributed by atoms with van der Waals surface area (Å²) in [5.74, 6) is 0.242. The summed E-state index contributed by atoms with van der Waals surface area (Å²) in [4.78, 5) is 2.20. The van der Waals surface area contributed by atoms with Gasteiger partial charge in [0.25, 0.3) is 0 Å². The lowest BCUT2D eigenvalue weighted by Crippen LogP contribution is -2.21. The SMILES string of the molecule is CN(Cc1cc(Br)cc(OCC(F)(F)F)c1)C1CC1. The van der Waals surface area contributed by atoms with Gasteiger partial charge in [-0.2, -0.15) is 13.2 Å². The van der Waals surface area contributed by atoms with Crippen molar-refractivity contribution in [3.8, 4) is 5.75 Å². The lowest BCUT2D eigenvalue weighted by molar-refractivity contribution is -0.153. The number of halogens is 4. The summed E-state index contributed by atoms with van der Waals surface area (Å²) in [6.45, 7) is -0.548. The fourth-order valence-corrected chi connectivity index (χ4v) is 2.41. The minimum Gasteiger partial charge on any atom is -0.484 e. The maximum Gasteiger partial charge on any atom is 0.422 e. The predicted molar refractivity (Wildman–Crippen MR) is 70.2 cm³/mol. The van der Waals surface area contributed by atoms with Gasteiger partial charge in [-0.1, -0.05) is 15.9 Å². The second-order valence-electron chi connectivity index (χ2n) is 4.85. The molecule has 19 heavy (non-hydrogen) atoms. The van der Waals surface area contributed by atoms with Crippen LogP contribution in [0, 0.1) is 0 Å². The topological polar surface area (TPSA) is 12.5 Å². The van der Waals surface area contributed by atoms with Gasteiger partial charge in [0.1, 0.15) is 5.75 Å². The van der Waals surface area contributed by atoms with Crippen LogP contribution in [0.25, 0.3) is 0 Å². The Morgan fingerprint density at radius 3 is 2.58 bits per heavy atom. The molecule has 1 fully saturated rings. The molecular weight excluding hydrogens is 323 g/mol. The summed E-state index contributed by atoms with van der Waals surface area (Å²) in [5.41, 5.74) is 0.945. The van der Waals surface area contributed by atoms with E-state index in [1.54, 1.807) is 12.1 Å². The second-order valence-corrected chi connectivity index (χ2v) is 5.76. The molecule has 2 rings (SSSR count). The van der Waals surface area contributed by atoms with Gasteiger partial charge in [-0.3, -0.25) is 4.90 Å². The smallest absolute Gasteiger partial charge is 0.422 e. The molecule has 2 nitrogen and oxygen atoms in total. The molecule has 0 N–H and O–H groups in total. The van der Waals surface area contributed by atoms with Crippen molar-refractivity contribution in [1.29, 1.82) is 0 Å². The lowest BCUT2D eigenvalue weighted by Gasteiger charge is -2.17. The maximum absolute atomic E-state index is 12.1. The van der Waals surface area contributed by atoms with Crippen molar-refractivity contribution in [3.05, 3.63) is 28.2 Å². The van der Waals surface area contributed by atoms with Crippen LogP contribution in [0.4, 0.5) is 13.2 Å². The van der Waals surface area contributed by atoms with Crippen LogP contribution in [0.5, 0.6) is 5.75 Å². The first-order valence-corrected chi connectivity index (χ1v) is 6.82. The fraction of sp³-hybridized carbons (Fsp3) is 0.538. The molecule has 1 aliphatic carbocycles. The number of hydrogen-bond acceptors (Lipinski definition) is 2. The Balaban J connectivity index is 2.01. The van der Waals surface area contributed by atoms with Gasteiger partial charge in [0.2, 0.25) is 0 Å². The summed E-state index contributed by atoms with van der Waals surface area (Å²) in [5, 5.41) is 0. The molecule has 0 bridgehead atoms. The van der Waals surface area contributed by atoms with Crippen LogP contribution in [0.3, 0.4) is 0 Å². The molecule has 0 aromatic heterocycles. The van der Waals surface area contributed by atoms with Crippen LogP contribution in [-0.4, -0.2) is 30.8 Å². The summed E-state index contributed by atoms with van der Waals surface area (Å²) in [6, 6.07) is 5.72. The molecule has 0 spiro atoms. The zero-order valence-corrected chi connectivity index (χ0v) is 12.1. The van der Waals surface area contributed by atoms with E-state index in [0.717, 1.165) is 10.0 Å². The highest BCUT2D eigenvalue weighted by Crippen LogP contribution is 2.29. The van der Waals surface area contributed by atoms with Crippen molar-refractivity contribution in [3.63, 3.8) is 0 Å². The zero-order chi connectivity index (χ0) is 14.0. The minimum absolute atomic E-state index is 0.242. The monoisotopic (exact) mass is 337 g/mol. The van der Waals surface area contributed by atoms with Crippen molar-refractivity contribution in [2.75, 3.05) is 13.7 Å². The molecular formula is C13H15BrF3NO. The van der Waals surface area contributed by atoms with E-state index in [9.17, 15) is 13.2 Å². The Morgan fingerprint density at radius 1 is 1.32 bits per heavy atom. The number of rotatable bonds is 5. The van der Waals surface area contributed by atoms with Gasteiger partial charge in [0.15, 0.2) is 6.61 Å². The first-order chi connectivity index (χ1) is 8.83. The first-order valence-electron chi connectivity index (χ1n) is 6.03. The summed E-state index contributed by atoms with van der Waals surface area (Å²) in [7, 11) is 2.02. The van der Waals surface area contributed by atoms with Gasteiger partial charge in [0.05, 0.1) is 0 Å². The molecule has 0 atom stereocenters. The lowest BCUT2D eigenvalue weighted by atomic mass is 10.2. The van der Waals surface area contributed by atoms with E-state index in [1.165, 1.54) is 12.8 Å². The van der Waals surface area contributed by atoms with Crippen LogP contribution < -0.4 is 4.74 Å². The molecule has 1 saturated carbocycles. The molecule has 1 aromatic carbocycles. The Bertz CT molecular complexity index is 446. The minimum atomic E-state index is -4.31. The third kappa shape index (κ3) is 5.03. The van der Waals surface area contributed by atoms with Crippen LogP contribution in [0.2, 0.25) is 0 Å². The zero-order valence-electron chi connectivity index (χ0n) is 10.5. The Hall–Kier alpha value is -0.750. The van der Waals surface area contributed by atoms with Gasteiger partial charge in [-0.25, -0.2) is 0 Å². The van der Waals surface area contributed by atoms with Crippen LogP contribution in [-0.2, 0) is 6.54 Å². The maximum atomic E-state index is 12.1. The Labute approximate surface area is 118 Å². The van der Waals surface area contributed by atoms with Crippen molar-refractivity contribution >= 4 is 15.9 Å². The van der Waals surface area contributed by atoms with Crippen LogP contribution in [0.15, 0.2) is 22.7 Å². The van der Waals surface area contributed by atoms with Gasteiger partial charge in [-0.05, 0) is 43.7 Å². The fourth-order valence-electron chi connectivity index (χ4n) is 1.89. The second kappa shape index (κ2) is 5.71. The van der Waals surface area contributed by atoms with Gasteiger partial charge >= 0.3 is 6.18 Å². The molecule has 0 saturated heterocycles. The summed E-state index contributed by atoms with van der Waals surface area (Å²) < 4.78 is 41.9. The van der Waals surface area contributed by atoms with E-state index in [0.29, 0.717) is 12.6 Å². The Kier molecular flexibility index (Phi) is 4.40. The predicted octanol–water partition coefficient (Wildman–Crippen LogP) is 3.98. The highest BCUT2D eigenvalue weighted by atomic mass is 79.9. The Morgan fingerprint density at radius 2 is 2.00 bits per heavy atom. The van der Waals surface area contributed by atoms with Crippen LogP contribution in [0.1, 0.15) is 18.4 Å². The van der Waals surface area contributed by atoms with Gasteiger partial charge in [0, 0.05) is 17.1 Å². The van der Waals surface area contributed by atoms with Crippen molar-refractivity contribution in [2.45, 2.75) is 31.6 Å². The number of ether oxygens (including phenoxy) is 1. The van der Waals surface area contributed by atoms with E-state index in [-0.39, 0.29) is 5.75 Å². The number of benzene rings is 1. The quantitative estimate of drug-likeness (QED) is 0.805. The molecule has 0 heterocycles. The summed E-state index contributed by atoms with van der Waals surface area (Å²) in [6.07, 6.45) is -1.92. The van der Waals surface area contributed by atoms with Crippen molar-refractivity contribution < 1.29 is 17.9 Å². The van der Waals surface area contributed by atoms with E-state index in [2.05, 4.69) is 20.8 Å². The molecule has 0 amide bonds. The van der Waals surface area contributed by atoms with E-state index >= 15 is 0 Å². The third-order valence-corrected chi connectivity index (χ3v) is 3.39. The first kappa shape index (κ1) is 14.7. The number of hydrogen-bond donors (Lipinski definition) is 0. The standard InChI is InChI=1S/C13H15BrF3NO/c1-18(11-2-3-11)7-9-4-10(14)6-12(5-9)19-8-13(15,16)17/h4-6,11H,2-3,7-8H2,1H3. The third-order valence-electron chi connectivity index (χ3n) is 2.94. The molecule has 1 aromatic rings. The average Bonchev–Trinajstić information content (AvgIpc) is 3.08. The highest BCUT2D eigenvalue weighted by molar-refractivity contribution is 9.10. The molecule has 0 aliphatic heterocycles. The molecule has 0 radical (unpaired) electrons. The number of alkyl halides is 3. The van der Waals surface area contributed by atoms with Crippen molar-refractivity contribution in [2.24, 2.45) is 0 Å². The number of nitrogens with zero attached hydrogens (tertiary/aromatic N) is 1. The molecule has 0 unspecified atom stereocenters. The summed E-state index contributed by atoms with van der Waals surface area (Å²) >= 11 is 3.30. The molecule has 106 valence electrons. The molecule has 1 aliphatic rings. The van der Waals surface area contributed by atoms with Crippen molar-refractivity contribution in [1.82, 2.24) is 4.90 Å². The van der Waals surface area contributed by atoms with E-state index < -0.39 is 12.8 Å². The van der Waals surface area contributed by atoms with E-state index in [4.69, 9.17) is 4.74 Å². The van der Waals surface area contributed by atoms with E-state index in [1.807, 2.05) is 13.1 Å². The largest absolute Gasteiger partial charge is 0.484 e. The van der Waals surface area contributed by atoms with Gasteiger partial charge < -0.3 is 4.74 Å². The van der Waals surface area contributed by atoms with Crippen LogP contribution >= 0.6 is 15.9 Å².